The van der Waals surface area contributed by atoms with Gasteiger partial charge in [0.25, 0.3) is 0 Å². The van der Waals surface area contributed by atoms with Gasteiger partial charge in [0, 0.05) is 17.2 Å². The molecule has 2 nitrogen and oxygen atoms in total. The molecule has 0 saturated carbocycles. The lowest BCUT2D eigenvalue weighted by Gasteiger charge is -2.22. The smallest absolute Gasteiger partial charge is 0.0653 e. The minimum absolute atomic E-state index is 0.171. The van der Waals surface area contributed by atoms with Crippen molar-refractivity contribution in [2.45, 2.75) is 65.8 Å². The fraction of sp³-hybridized carbons (Fsp3) is 0.769. The summed E-state index contributed by atoms with van der Waals surface area (Å²) in [5.74, 6) is 0.506. The van der Waals surface area contributed by atoms with Crippen LogP contribution in [0.5, 0.6) is 0 Å². The van der Waals surface area contributed by atoms with Gasteiger partial charge in [-0.3, -0.25) is 4.68 Å². The van der Waals surface area contributed by atoms with E-state index in [0.717, 1.165) is 0 Å². The maximum Gasteiger partial charge on any atom is 0.0653 e. The van der Waals surface area contributed by atoms with Gasteiger partial charge < -0.3 is 0 Å². The summed E-state index contributed by atoms with van der Waals surface area (Å²) in [4.78, 5) is 0. The number of aromatic nitrogens is 2. The molecule has 0 unspecified atom stereocenters. The van der Waals surface area contributed by atoms with Gasteiger partial charge in [-0.05, 0) is 25.8 Å². The summed E-state index contributed by atoms with van der Waals surface area (Å²) >= 11 is 0. The Morgan fingerprint density at radius 2 is 1.67 bits per heavy atom. The van der Waals surface area contributed by atoms with Crippen LogP contribution >= 0.6 is 0 Å². The zero-order chi connectivity index (χ0) is 11.8. The lowest BCUT2D eigenvalue weighted by molar-refractivity contribution is 0.443. The van der Waals surface area contributed by atoms with Gasteiger partial charge in [0.1, 0.15) is 0 Å². The summed E-state index contributed by atoms with van der Waals surface area (Å²) in [7, 11) is 0. The highest BCUT2D eigenvalue weighted by molar-refractivity contribution is 5.20. The molecule has 0 atom stereocenters. The first kappa shape index (κ1) is 12.3. The lowest BCUT2D eigenvalue weighted by Crippen LogP contribution is -2.19. The maximum absolute atomic E-state index is 4.69. The molecule has 0 aliphatic carbocycles. The van der Waals surface area contributed by atoms with Crippen molar-refractivity contribution >= 4 is 0 Å². The predicted octanol–water partition coefficient (Wildman–Crippen LogP) is 3.88. The fourth-order valence-electron chi connectivity index (χ4n) is 1.65. The minimum Gasteiger partial charge on any atom is -0.266 e. The fourth-order valence-corrected chi connectivity index (χ4v) is 1.65. The van der Waals surface area contributed by atoms with Crippen LogP contribution in [0.4, 0.5) is 0 Å². The van der Waals surface area contributed by atoms with E-state index in [1.165, 1.54) is 11.4 Å². The zero-order valence-electron chi connectivity index (χ0n) is 11.1. The van der Waals surface area contributed by atoms with Gasteiger partial charge in [-0.1, -0.05) is 34.6 Å². The Bertz CT molecular complexity index is 327. The molecular weight excluding hydrogens is 184 g/mol. The van der Waals surface area contributed by atoms with Gasteiger partial charge >= 0.3 is 0 Å². The van der Waals surface area contributed by atoms with E-state index < -0.39 is 0 Å². The molecular formula is C13H24N2. The summed E-state index contributed by atoms with van der Waals surface area (Å²) in [6.45, 7) is 15.5. The van der Waals surface area contributed by atoms with Gasteiger partial charge in [-0.2, -0.15) is 5.10 Å². The molecule has 15 heavy (non-hydrogen) atoms. The molecule has 2 heteroatoms. The molecule has 0 aromatic carbocycles. The summed E-state index contributed by atoms with van der Waals surface area (Å²) in [6, 6.07) is 2.69. The van der Waals surface area contributed by atoms with Crippen LogP contribution in [0, 0.1) is 0 Å². The zero-order valence-corrected chi connectivity index (χ0v) is 11.1. The number of hydrogen-bond acceptors (Lipinski definition) is 1. The molecule has 1 aromatic heterocycles. The maximum atomic E-state index is 4.69. The monoisotopic (exact) mass is 208 g/mol. The van der Waals surface area contributed by atoms with E-state index in [0.29, 0.717) is 12.0 Å². The first-order valence-electron chi connectivity index (χ1n) is 5.83. The number of nitrogens with zero attached hydrogens (tertiary/aromatic N) is 2. The van der Waals surface area contributed by atoms with Crippen LogP contribution in [0.3, 0.4) is 0 Å². The van der Waals surface area contributed by atoms with Crippen LogP contribution in [0.15, 0.2) is 6.07 Å². The normalized spacial score (nSPS) is 12.9. The van der Waals surface area contributed by atoms with Crippen LogP contribution < -0.4 is 0 Å². The molecule has 0 radical (unpaired) electrons. The van der Waals surface area contributed by atoms with Crippen LogP contribution in [0.2, 0.25) is 0 Å². The summed E-state index contributed by atoms with van der Waals surface area (Å²) < 4.78 is 2.16. The first-order valence-corrected chi connectivity index (χ1v) is 5.83. The molecule has 0 aliphatic heterocycles. The van der Waals surface area contributed by atoms with Crippen LogP contribution in [0.25, 0.3) is 0 Å². The Morgan fingerprint density at radius 1 is 1.13 bits per heavy atom. The van der Waals surface area contributed by atoms with Gasteiger partial charge in [-0.25, -0.2) is 0 Å². The third-order valence-electron chi connectivity index (χ3n) is 2.60. The lowest BCUT2D eigenvalue weighted by atomic mass is 9.91. The minimum atomic E-state index is 0.171. The first-order chi connectivity index (χ1) is 6.73. The van der Waals surface area contributed by atoms with Crippen molar-refractivity contribution in [2.24, 2.45) is 0 Å². The van der Waals surface area contributed by atoms with Crippen molar-refractivity contribution in [1.82, 2.24) is 9.78 Å². The molecule has 0 aliphatic rings. The Labute approximate surface area is 93.7 Å². The Hall–Kier alpha value is -0.790. The third-order valence-corrected chi connectivity index (χ3v) is 2.60. The molecule has 0 spiro atoms. The van der Waals surface area contributed by atoms with Crippen molar-refractivity contribution in [1.29, 1.82) is 0 Å². The molecule has 1 rings (SSSR count). The van der Waals surface area contributed by atoms with E-state index in [1.807, 2.05) is 0 Å². The van der Waals surface area contributed by atoms with Crippen molar-refractivity contribution in [3.63, 3.8) is 0 Å². The highest BCUT2D eigenvalue weighted by Gasteiger charge is 2.22. The molecule has 0 saturated heterocycles. The molecule has 1 aromatic rings. The van der Waals surface area contributed by atoms with E-state index in [-0.39, 0.29) is 5.41 Å². The summed E-state index contributed by atoms with van der Waals surface area (Å²) in [5.41, 5.74) is 2.71. The second-order valence-electron chi connectivity index (χ2n) is 5.90. The summed E-state index contributed by atoms with van der Waals surface area (Å²) in [6.07, 6.45) is 0. The molecule has 0 fully saturated rings. The van der Waals surface area contributed by atoms with E-state index in [2.05, 4.69) is 59.2 Å². The van der Waals surface area contributed by atoms with E-state index in [1.54, 1.807) is 0 Å². The Balaban J connectivity index is 3.24. The van der Waals surface area contributed by atoms with Crippen molar-refractivity contribution in [2.75, 3.05) is 0 Å². The van der Waals surface area contributed by atoms with E-state index in [4.69, 9.17) is 5.10 Å². The molecule has 0 amide bonds. The molecule has 0 N–H and O–H groups in total. The number of rotatable bonds is 2. The van der Waals surface area contributed by atoms with Crippen LogP contribution in [-0.4, -0.2) is 9.78 Å². The predicted molar refractivity (Wildman–Crippen MR) is 65.4 cm³/mol. The largest absolute Gasteiger partial charge is 0.266 e. The van der Waals surface area contributed by atoms with Gasteiger partial charge in [0.15, 0.2) is 0 Å². The Kier molecular flexibility index (Phi) is 3.27. The standard InChI is InChI=1S/C13H24N2/c1-9(2)11-8-12(13(5,6)7)15(14-11)10(3)4/h8-10H,1-7H3. The van der Waals surface area contributed by atoms with E-state index in [9.17, 15) is 0 Å². The Morgan fingerprint density at radius 3 is 1.93 bits per heavy atom. The molecule has 86 valence electrons. The average Bonchev–Trinajstić information content (AvgIpc) is 2.45. The summed E-state index contributed by atoms with van der Waals surface area (Å²) in [5, 5.41) is 4.69. The second kappa shape index (κ2) is 3.99. The van der Waals surface area contributed by atoms with Gasteiger partial charge in [-0.15, -0.1) is 0 Å². The van der Waals surface area contributed by atoms with Crippen LogP contribution in [0.1, 0.15) is 71.8 Å². The molecule has 0 bridgehead atoms. The SMILES string of the molecule is CC(C)c1cc(C(C)(C)C)n(C(C)C)n1. The second-order valence-corrected chi connectivity index (χ2v) is 5.90. The molecule has 1 heterocycles. The van der Waals surface area contributed by atoms with Crippen LogP contribution in [-0.2, 0) is 5.41 Å². The van der Waals surface area contributed by atoms with E-state index >= 15 is 0 Å². The third kappa shape index (κ3) is 2.61. The number of hydrogen-bond donors (Lipinski definition) is 0. The van der Waals surface area contributed by atoms with Crippen molar-refractivity contribution in [3.8, 4) is 0 Å². The quantitative estimate of drug-likeness (QED) is 0.721. The highest BCUT2D eigenvalue weighted by Crippen LogP contribution is 2.27. The van der Waals surface area contributed by atoms with Crippen molar-refractivity contribution in [3.05, 3.63) is 17.5 Å². The highest BCUT2D eigenvalue weighted by atomic mass is 15.3. The van der Waals surface area contributed by atoms with Gasteiger partial charge in [0.2, 0.25) is 0 Å². The average molecular weight is 208 g/mol. The topological polar surface area (TPSA) is 17.8 Å². The van der Waals surface area contributed by atoms with Crippen molar-refractivity contribution < 1.29 is 0 Å². The van der Waals surface area contributed by atoms with Gasteiger partial charge in [0.05, 0.1) is 5.69 Å².